The van der Waals surface area contributed by atoms with E-state index in [1.165, 1.54) is 27.5 Å². The molecule has 4 amide bonds. The average Bonchev–Trinajstić information content (AvgIpc) is 3.43. The third-order valence-corrected chi connectivity index (χ3v) is 6.38. The van der Waals surface area contributed by atoms with Crippen molar-refractivity contribution >= 4 is 35.8 Å². The van der Waals surface area contributed by atoms with Gasteiger partial charge >= 0.3 is 18.0 Å². The molecular formula is C27H34N6O10. The van der Waals surface area contributed by atoms with E-state index >= 15 is 0 Å². The number of rotatable bonds is 13. The zero-order chi connectivity index (χ0) is 31.5. The van der Waals surface area contributed by atoms with Gasteiger partial charge in [0.25, 0.3) is 11.8 Å². The van der Waals surface area contributed by atoms with Gasteiger partial charge in [-0.1, -0.05) is 18.2 Å². The van der Waals surface area contributed by atoms with Crippen molar-refractivity contribution in [2.75, 3.05) is 39.4 Å². The van der Waals surface area contributed by atoms with Crippen molar-refractivity contribution in [1.82, 2.24) is 30.2 Å². The number of benzene rings is 1. The van der Waals surface area contributed by atoms with E-state index in [1.807, 2.05) is 0 Å². The van der Waals surface area contributed by atoms with Crippen molar-refractivity contribution < 1.29 is 48.5 Å². The second-order valence-corrected chi connectivity index (χ2v) is 9.50. The molecule has 0 unspecified atom stereocenters. The maximum atomic E-state index is 13.3. The first-order chi connectivity index (χ1) is 20.5. The number of nitrogens with one attached hydrogen (secondary N) is 2. The molecule has 232 valence electrons. The highest BCUT2D eigenvalue weighted by molar-refractivity contribution is 5.96. The normalized spacial score (nSPS) is 14.3. The molecule has 0 spiro atoms. The summed E-state index contributed by atoms with van der Waals surface area (Å²) in [4.78, 5) is 76.0. The lowest BCUT2D eigenvalue weighted by molar-refractivity contribution is -0.141. The maximum Gasteiger partial charge on any atom is 0.409 e. The minimum atomic E-state index is -1.23. The molecule has 2 heterocycles. The second kappa shape index (κ2) is 15.2. The summed E-state index contributed by atoms with van der Waals surface area (Å²) in [6.07, 6.45) is -1.08. The zero-order valence-corrected chi connectivity index (χ0v) is 23.7. The van der Waals surface area contributed by atoms with Crippen LogP contribution in [0.2, 0.25) is 0 Å². The third-order valence-electron chi connectivity index (χ3n) is 6.38. The number of aliphatic carboxylic acids is 2. The number of carbonyl (C=O) groups excluding carboxylic acids is 4. The van der Waals surface area contributed by atoms with Gasteiger partial charge in [-0.15, -0.1) is 0 Å². The number of nitrogens with zero attached hydrogens (tertiary/aromatic N) is 4. The number of carboxylic acids is 2. The van der Waals surface area contributed by atoms with Crippen LogP contribution in [0.25, 0.3) is 5.69 Å². The third kappa shape index (κ3) is 9.17. The van der Waals surface area contributed by atoms with Gasteiger partial charge in [0.1, 0.15) is 12.1 Å². The van der Waals surface area contributed by atoms with Gasteiger partial charge in [-0.3, -0.25) is 24.0 Å². The molecule has 2 aromatic rings. The van der Waals surface area contributed by atoms with Crippen LogP contribution in [-0.2, 0) is 23.9 Å². The molecule has 0 aliphatic carbocycles. The van der Waals surface area contributed by atoms with E-state index in [9.17, 15) is 33.9 Å². The predicted octanol–water partition coefficient (Wildman–Crippen LogP) is 0.104. The first-order valence-corrected chi connectivity index (χ1v) is 13.5. The molecule has 2 atom stereocenters. The number of carboxylic acid groups (broad SMARTS) is 2. The van der Waals surface area contributed by atoms with Crippen molar-refractivity contribution in [2.24, 2.45) is 0 Å². The van der Waals surface area contributed by atoms with Gasteiger partial charge in [0.05, 0.1) is 12.3 Å². The summed E-state index contributed by atoms with van der Waals surface area (Å²) in [6, 6.07) is 7.41. The van der Waals surface area contributed by atoms with E-state index < -0.39 is 60.9 Å². The number of hydrogen-bond acceptors (Lipinski definition) is 9. The number of ether oxygens (including phenoxy) is 2. The highest BCUT2D eigenvalue weighted by Crippen LogP contribution is 2.20. The van der Waals surface area contributed by atoms with Crippen LogP contribution in [0.4, 0.5) is 4.79 Å². The molecule has 1 aliphatic heterocycles. The summed E-state index contributed by atoms with van der Waals surface area (Å²) >= 11 is 0. The van der Waals surface area contributed by atoms with Crippen molar-refractivity contribution in [3.63, 3.8) is 0 Å². The van der Waals surface area contributed by atoms with E-state index in [-0.39, 0.29) is 50.8 Å². The molecule has 43 heavy (non-hydrogen) atoms. The van der Waals surface area contributed by atoms with Crippen LogP contribution >= 0.6 is 0 Å². The van der Waals surface area contributed by atoms with Crippen LogP contribution in [0.15, 0.2) is 36.4 Å². The minimum absolute atomic E-state index is 0.0158. The molecule has 1 aromatic carbocycles. The largest absolute Gasteiger partial charge is 0.481 e. The zero-order valence-electron chi connectivity index (χ0n) is 23.7. The minimum Gasteiger partial charge on any atom is -0.481 e. The summed E-state index contributed by atoms with van der Waals surface area (Å²) in [5.41, 5.74) is 0.298. The highest BCUT2D eigenvalue weighted by atomic mass is 16.6. The molecule has 3 rings (SSSR count). The molecule has 16 nitrogen and oxygen atoms in total. The van der Waals surface area contributed by atoms with Gasteiger partial charge < -0.3 is 40.1 Å². The standard InChI is InChI=1S/C27H34N6O10/c1-3-42-27(41)32-13-11-31(12-14-32)25(38)19(9-10-23(35)36)29-24(37)20-15-22(33(30-20)18-7-5-4-6-8-18)43-16-21(34)28-17(2)26(39)40/h4-8,15,17,19H,3,9-14,16H2,1-2H3,(H,28,34)(H,29,37)(H,35,36)(H,39,40)/t17-,19+/m1/s1. The number of amides is 4. The number of carbonyl (C=O) groups is 6. The maximum absolute atomic E-state index is 13.3. The molecule has 0 saturated carbocycles. The van der Waals surface area contributed by atoms with Crippen LogP contribution in [0.5, 0.6) is 5.88 Å². The van der Waals surface area contributed by atoms with Crippen LogP contribution in [0.3, 0.4) is 0 Å². The molecule has 16 heteroatoms. The fraction of sp³-hybridized carbons (Fsp3) is 0.444. The first kappa shape index (κ1) is 32.4. The van der Waals surface area contributed by atoms with Crippen LogP contribution in [0, 0.1) is 0 Å². The summed E-state index contributed by atoms with van der Waals surface area (Å²) < 4.78 is 11.8. The second-order valence-electron chi connectivity index (χ2n) is 9.50. The summed E-state index contributed by atoms with van der Waals surface area (Å²) in [6.45, 7) is 3.38. The highest BCUT2D eigenvalue weighted by Gasteiger charge is 2.31. The van der Waals surface area contributed by atoms with Crippen molar-refractivity contribution in [2.45, 2.75) is 38.8 Å². The van der Waals surface area contributed by atoms with E-state index in [0.29, 0.717) is 5.69 Å². The summed E-state index contributed by atoms with van der Waals surface area (Å²) in [5, 5.41) is 27.3. The van der Waals surface area contributed by atoms with Gasteiger partial charge in [-0.2, -0.15) is 5.10 Å². The van der Waals surface area contributed by atoms with Gasteiger partial charge in [-0.25, -0.2) is 9.48 Å². The molecule has 1 fully saturated rings. The Hall–Kier alpha value is -5.15. The van der Waals surface area contributed by atoms with E-state index in [1.54, 1.807) is 37.3 Å². The van der Waals surface area contributed by atoms with E-state index in [2.05, 4.69) is 15.7 Å². The molecular weight excluding hydrogens is 568 g/mol. The molecule has 0 radical (unpaired) electrons. The van der Waals surface area contributed by atoms with E-state index in [0.717, 1.165) is 0 Å². The van der Waals surface area contributed by atoms with Gasteiger partial charge in [0.15, 0.2) is 12.3 Å². The van der Waals surface area contributed by atoms with Gasteiger partial charge in [0.2, 0.25) is 11.8 Å². The Morgan fingerprint density at radius 3 is 2.23 bits per heavy atom. The lowest BCUT2D eigenvalue weighted by Crippen LogP contribution is -2.56. The molecule has 1 aliphatic rings. The topological polar surface area (TPSA) is 210 Å². The van der Waals surface area contributed by atoms with Gasteiger partial charge in [0, 0.05) is 38.7 Å². The van der Waals surface area contributed by atoms with Gasteiger partial charge in [-0.05, 0) is 32.4 Å². The molecule has 4 N–H and O–H groups in total. The number of piperazine rings is 1. The monoisotopic (exact) mass is 602 g/mol. The predicted molar refractivity (Wildman–Crippen MR) is 148 cm³/mol. The molecule has 1 aromatic heterocycles. The Balaban J connectivity index is 1.76. The number of para-hydroxylation sites is 1. The first-order valence-electron chi connectivity index (χ1n) is 13.5. The Morgan fingerprint density at radius 2 is 1.63 bits per heavy atom. The van der Waals surface area contributed by atoms with Crippen molar-refractivity contribution in [3.05, 3.63) is 42.1 Å². The number of hydrogen-bond donors (Lipinski definition) is 4. The number of aromatic nitrogens is 2. The van der Waals surface area contributed by atoms with Crippen LogP contribution in [0.1, 0.15) is 37.2 Å². The summed E-state index contributed by atoms with van der Waals surface area (Å²) in [5.74, 6) is -4.42. The van der Waals surface area contributed by atoms with Crippen LogP contribution in [-0.4, -0.2) is 117 Å². The van der Waals surface area contributed by atoms with Crippen molar-refractivity contribution in [1.29, 1.82) is 0 Å². The Kier molecular flexibility index (Phi) is 11.4. The van der Waals surface area contributed by atoms with E-state index in [4.69, 9.17) is 14.6 Å². The van der Waals surface area contributed by atoms with Crippen molar-refractivity contribution in [3.8, 4) is 11.6 Å². The summed E-state index contributed by atoms with van der Waals surface area (Å²) in [7, 11) is 0. The molecule has 1 saturated heterocycles. The van der Waals surface area contributed by atoms with Crippen LogP contribution < -0.4 is 15.4 Å². The average molecular weight is 603 g/mol. The lowest BCUT2D eigenvalue weighted by atomic mass is 10.1. The quantitative estimate of drug-likeness (QED) is 0.242. The lowest BCUT2D eigenvalue weighted by Gasteiger charge is -2.35. The fourth-order valence-electron chi connectivity index (χ4n) is 4.12. The fourth-order valence-corrected chi connectivity index (χ4v) is 4.12. The molecule has 0 bridgehead atoms. The Labute approximate surface area is 246 Å². The Bertz CT molecular complexity index is 1320. The SMILES string of the molecule is CCOC(=O)N1CCN(C(=O)[C@H](CCC(=O)O)NC(=O)c2cc(OCC(=O)N[C@H](C)C(=O)O)n(-c3ccccc3)n2)CC1. The Morgan fingerprint density at radius 1 is 0.977 bits per heavy atom. The smallest absolute Gasteiger partial charge is 0.409 e.